The van der Waals surface area contributed by atoms with Crippen molar-refractivity contribution in [3.8, 4) is 0 Å². The van der Waals surface area contributed by atoms with Gasteiger partial charge in [-0.2, -0.15) is 0 Å². The van der Waals surface area contributed by atoms with E-state index in [1.165, 1.54) is 12.0 Å². The van der Waals surface area contributed by atoms with Crippen LogP contribution in [-0.4, -0.2) is 24.0 Å². The summed E-state index contributed by atoms with van der Waals surface area (Å²) in [6, 6.07) is 7.84. The lowest BCUT2D eigenvalue weighted by atomic mass is 9.96. The van der Waals surface area contributed by atoms with Gasteiger partial charge in [-0.25, -0.2) is 4.79 Å². The second-order valence-electron chi connectivity index (χ2n) is 6.85. The van der Waals surface area contributed by atoms with E-state index in [1.807, 2.05) is 24.4 Å². The predicted octanol–water partition coefficient (Wildman–Crippen LogP) is 3.01. The molecule has 0 heterocycles. The molecule has 1 saturated carbocycles. The van der Waals surface area contributed by atoms with Gasteiger partial charge in [0.1, 0.15) is 6.04 Å². The van der Waals surface area contributed by atoms with Crippen molar-refractivity contribution >= 4 is 27.9 Å². The molecule has 25 heavy (non-hydrogen) atoms. The SMILES string of the molecule is CC[C@@H]([NH2+][C@@H](C)C(=O)NC(=O)NC1CCCCC1)c1ccc(Br)cc1. The molecule has 0 unspecified atom stereocenters. The molecule has 0 spiro atoms. The van der Waals surface area contributed by atoms with Crippen molar-refractivity contribution < 1.29 is 14.9 Å². The van der Waals surface area contributed by atoms with Gasteiger partial charge in [-0.05, 0) is 31.9 Å². The highest BCUT2D eigenvalue weighted by atomic mass is 79.9. The number of urea groups is 1. The van der Waals surface area contributed by atoms with Gasteiger partial charge in [0.25, 0.3) is 5.91 Å². The Hall–Kier alpha value is -1.40. The number of carbonyl (C=O) groups excluding carboxylic acids is 2. The maximum atomic E-state index is 12.3. The third kappa shape index (κ3) is 6.44. The first-order valence-corrected chi connectivity index (χ1v) is 10.0. The van der Waals surface area contributed by atoms with Crippen LogP contribution in [0.2, 0.25) is 0 Å². The number of amides is 3. The Bertz CT molecular complexity index is 571. The number of nitrogens with two attached hydrogens (primary N) is 1. The normalized spacial score (nSPS) is 17.6. The average Bonchev–Trinajstić information content (AvgIpc) is 2.61. The molecule has 3 amide bonds. The molecule has 1 aliphatic carbocycles. The second kappa shape index (κ2) is 9.92. The molecular formula is C19H29BrN3O2+. The van der Waals surface area contributed by atoms with Gasteiger partial charge in [0.05, 0.1) is 0 Å². The van der Waals surface area contributed by atoms with Gasteiger partial charge < -0.3 is 10.6 Å². The van der Waals surface area contributed by atoms with Crippen LogP contribution >= 0.6 is 15.9 Å². The molecule has 1 aromatic rings. The summed E-state index contributed by atoms with van der Waals surface area (Å²) >= 11 is 3.44. The standard InChI is InChI=1S/C19H28BrN3O2/c1-3-17(14-9-11-15(20)12-10-14)21-13(2)18(24)23-19(25)22-16-7-5-4-6-8-16/h9-13,16-17,21H,3-8H2,1-2H3,(H2,22,23,24,25)/p+1/t13-,17+/m0/s1. The van der Waals surface area contributed by atoms with Gasteiger partial charge in [0.2, 0.25) is 0 Å². The molecule has 0 radical (unpaired) electrons. The largest absolute Gasteiger partial charge is 0.335 e. The van der Waals surface area contributed by atoms with Gasteiger partial charge >= 0.3 is 6.03 Å². The summed E-state index contributed by atoms with van der Waals surface area (Å²) in [6.07, 6.45) is 6.45. The minimum atomic E-state index is -0.367. The third-order valence-electron chi connectivity index (χ3n) is 4.85. The number of imide groups is 1. The minimum absolute atomic E-state index is 0.190. The number of rotatable bonds is 6. The summed E-state index contributed by atoms with van der Waals surface area (Å²) in [4.78, 5) is 24.3. The number of benzene rings is 1. The Balaban J connectivity index is 1.83. The number of nitrogens with one attached hydrogen (secondary N) is 2. The Labute approximate surface area is 158 Å². The third-order valence-corrected chi connectivity index (χ3v) is 5.38. The molecular weight excluding hydrogens is 382 g/mol. The second-order valence-corrected chi connectivity index (χ2v) is 7.76. The maximum absolute atomic E-state index is 12.3. The highest BCUT2D eigenvalue weighted by molar-refractivity contribution is 9.10. The molecule has 2 rings (SSSR count). The van der Waals surface area contributed by atoms with E-state index in [0.29, 0.717) is 0 Å². The molecule has 4 N–H and O–H groups in total. The lowest BCUT2D eigenvalue weighted by Gasteiger charge is -2.23. The zero-order chi connectivity index (χ0) is 18.2. The van der Waals surface area contributed by atoms with Gasteiger partial charge in [-0.1, -0.05) is 54.2 Å². The van der Waals surface area contributed by atoms with Crippen LogP contribution in [-0.2, 0) is 4.79 Å². The smallest absolute Gasteiger partial charge is 0.321 e. The van der Waals surface area contributed by atoms with Crippen LogP contribution in [0.5, 0.6) is 0 Å². The first-order valence-electron chi connectivity index (χ1n) is 9.21. The van der Waals surface area contributed by atoms with Gasteiger partial charge in [0, 0.05) is 22.5 Å². The molecule has 0 saturated heterocycles. The number of quaternary nitrogens is 1. The van der Waals surface area contributed by atoms with Crippen LogP contribution in [0.25, 0.3) is 0 Å². The number of hydrogen-bond acceptors (Lipinski definition) is 2. The Morgan fingerprint density at radius 2 is 1.84 bits per heavy atom. The molecule has 0 bridgehead atoms. The van der Waals surface area contributed by atoms with E-state index >= 15 is 0 Å². The first-order chi connectivity index (χ1) is 12.0. The van der Waals surface area contributed by atoms with Crippen molar-refractivity contribution in [3.63, 3.8) is 0 Å². The van der Waals surface area contributed by atoms with Crippen molar-refractivity contribution in [2.24, 2.45) is 0 Å². The van der Waals surface area contributed by atoms with Gasteiger partial charge in [-0.15, -0.1) is 0 Å². The summed E-state index contributed by atoms with van der Waals surface area (Å²) in [6.45, 7) is 3.94. The van der Waals surface area contributed by atoms with Crippen molar-refractivity contribution in [1.29, 1.82) is 0 Å². The molecule has 5 nitrogen and oxygen atoms in total. The number of halogens is 1. The van der Waals surface area contributed by atoms with Crippen molar-refractivity contribution in [2.75, 3.05) is 0 Å². The predicted molar refractivity (Wildman–Crippen MR) is 102 cm³/mol. The van der Waals surface area contributed by atoms with Crippen molar-refractivity contribution in [1.82, 2.24) is 10.6 Å². The maximum Gasteiger partial charge on any atom is 0.321 e. The Morgan fingerprint density at radius 1 is 1.20 bits per heavy atom. The Kier molecular flexibility index (Phi) is 7.90. The summed E-state index contributed by atoms with van der Waals surface area (Å²) in [7, 11) is 0. The molecule has 2 atom stereocenters. The van der Waals surface area contributed by atoms with E-state index in [-0.39, 0.29) is 30.1 Å². The quantitative estimate of drug-likeness (QED) is 0.673. The fraction of sp³-hybridized carbons (Fsp3) is 0.579. The number of carbonyl (C=O) groups is 2. The number of hydrogen-bond donors (Lipinski definition) is 3. The highest BCUT2D eigenvalue weighted by Gasteiger charge is 2.24. The van der Waals surface area contributed by atoms with Crippen molar-refractivity contribution in [3.05, 3.63) is 34.3 Å². The fourth-order valence-electron chi connectivity index (χ4n) is 3.32. The van der Waals surface area contributed by atoms with Crippen LogP contribution in [0.15, 0.2) is 28.7 Å². The van der Waals surface area contributed by atoms with E-state index in [4.69, 9.17) is 0 Å². The lowest BCUT2D eigenvalue weighted by molar-refractivity contribution is -0.713. The summed E-state index contributed by atoms with van der Waals surface area (Å²) in [5.41, 5.74) is 1.18. The summed E-state index contributed by atoms with van der Waals surface area (Å²) in [5.74, 6) is -0.246. The van der Waals surface area contributed by atoms with Crippen LogP contribution in [0.3, 0.4) is 0 Å². The molecule has 0 aromatic heterocycles. The lowest BCUT2D eigenvalue weighted by Crippen LogP contribution is -2.92. The van der Waals surface area contributed by atoms with E-state index in [9.17, 15) is 9.59 Å². The molecule has 138 valence electrons. The van der Waals surface area contributed by atoms with Crippen LogP contribution in [0.4, 0.5) is 4.79 Å². The minimum Gasteiger partial charge on any atom is -0.335 e. The first kappa shape index (κ1) is 19.9. The van der Waals surface area contributed by atoms with Gasteiger partial charge in [0.15, 0.2) is 6.04 Å². The summed E-state index contributed by atoms with van der Waals surface area (Å²) < 4.78 is 1.04. The van der Waals surface area contributed by atoms with Gasteiger partial charge in [-0.3, -0.25) is 10.1 Å². The monoisotopic (exact) mass is 410 g/mol. The van der Waals surface area contributed by atoms with E-state index in [1.54, 1.807) is 0 Å². The molecule has 1 aromatic carbocycles. The summed E-state index contributed by atoms with van der Waals surface area (Å²) in [5, 5.41) is 7.43. The highest BCUT2D eigenvalue weighted by Crippen LogP contribution is 2.17. The fourth-order valence-corrected chi connectivity index (χ4v) is 3.59. The van der Waals surface area contributed by atoms with Crippen LogP contribution in [0.1, 0.15) is 64.0 Å². The van der Waals surface area contributed by atoms with E-state index < -0.39 is 0 Å². The molecule has 1 fully saturated rings. The zero-order valence-corrected chi connectivity index (χ0v) is 16.6. The molecule has 6 heteroatoms. The zero-order valence-electron chi connectivity index (χ0n) is 15.1. The molecule has 0 aliphatic heterocycles. The van der Waals surface area contributed by atoms with E-state index in [0.717, 1.165) is 36.6 Å². The topological polar surface area (TPSA) is 74.8 Å². The van der Waals surface area contributed by atoms with E-state index in [2.05, 4.69) is 45.6 Å². The van der Waals surface area contributed by atoms with Crippen LogP contribution < -0.4 is 16.0 Å². The van der Waals surface area contributed by atoms with Crippen molar-refractivity contribution in [2.45, 2.75) is 70.5 Å². The molecule has 1 aliphatic rings. The average molecular weight is 411 g/mol. The van der Waals surface area contributed by atoms with Crippen LogP contribution in [0, 0.1) is 0 Å². The Morgan fingerprint density at radius 3 is 2.44 bits per heavy atom.